The third kappa shape index (κ3) is 3.06. The molecule has 90 valence electrons. The van der Waals surface area contributed by atoms with Crippen molar-refractivity contribution < 1.29 is 5.11 Å². The van der Waals surface area contributed by atoms with Gasteiger partial charge in [-0.3, -0.25) is 4.68 Å². The van der Waals surface area contributed by atoms with Gasteiger partial charge in [0.2, 0.25) is 0 Å². The van der Waals surface area contributed by atoms with Crippen LogP contribution >= 0.6 is 0 Å². The molecule has 1 aromatic heterocycles. The zero-order valence-electron chi connectivity index (χ0n) is 10.2. The summed E-state index contributed by atoms with van der Waals surface area (Å²) in [5.74, 6) is 0. The van der Waals surface area contributed by atoms with Crippen LogP contribution in [0, 0.1) is 0 Å². The highest BCUT2D eigenvalue weighted by molar-refractivity contribution is 5.04. The Hall–Kier alpha value is -0.870. The van der Waals surface area contributed by atoms with Gasteiger partial charge < -0.3 is 10.0 Å². The number of likely N-dealkylation sites (tertiary alicyclic amines) is 1. The van der Waals surface area contributed by atoms with Gasteiger partial charge in [-0.15, -0.1) is 0 Å². The van der Waals surface area contributed by atoms with Gasteiger partial charge in [0.25, 0.3) is 0 Å². The van der Waals surface area contributed by atoms with Crippen molar-refractivity contribution in [1.29, 1.82) is 0 Å². The van der Waals surface area contributed by atoms with Crippen LogP contribution in [0.1, 0.15) is 25.3 Å². The Kier molecular flexibility index (Phi) is 3.30. The van der Waals surface area contributed by atoms with Crippen LogP contribution in [0.4, 0.5) is 0 Å². The van der Waals surface area contributed by atoms with Crippen molar-refractivity contribution in [3.8, 4) is 0 Å². The van der Waals surface area contributed by atoms with E-state index in [1.54, 1.807) is 0 Å². The fraction of sp³-hybridized carbons (Fsp3) is 0.750. The van der Waals surface area contributed by atoms with Crippen LogP contribution < -0.4 is 0 Å². The molecule has 1 aromatic rings. The number of piperidine rings is 1. The first-order valence-electron chi connectivity index (χ1n) is 5.97. The fourth-order valence-electron chi connectivity index (χ4n) is 2.15. The minimum absolute atomic E-state index is 0.440. The average Bonchev–Trinajstić information content (AvgIpc) is 2.63. The molecule has 0 saturated carbocycles. The molecule has 2 rings (SSSR count). The lowest BCUT2D eigenvalue weighted by atomic mass is 9.94. The Morgan fingerprint density at radius 1 is 1.44 bits per heavy atom. The minimum Gasteiger partial charge on any atom is -0.390 e. The zero-order valence-corrected chi connectivity index (χ0v) is 10.2. The molecule has 0 aliphatic carbocycles. The van der Waals surface area contributed by atoms with Gasteiger partial charge in [-0.05, 0) is 31.7 Å². The van der Waals surface area contributed by atoms with Crippen LogP contribution in [0.3, 0.4) is 0 Å². The van der Waals surface area contributed by atoms with E-state index < -0.39 is 5.60 Å². The molecular weight excluding hydrogens is 202 g/mol. The van der Waals surface area contributed by atoms with Gasteiger partial charge in [-0.2, -0.15) is 5.10 Å². The second-order valence-corrected chi connectivity index (χ2v) is 5.11. The largest absolute Gasteiger partial charge is 0.390 e. The summed E-state index contributed by atoms with van der Waals surface area (Å²) in [6.07, 6.45) is 6.83. The molecule has 0 radical (unpaired) electrons. The maximum absolute atomic E-state index is 9.84. The molecule has 4 nitrogen and oxygen atoms in total. The number of hydrogen-bond donors (Lipinski definition) is 1. The van der Waals surface area contributed by atoms with E-state index in [1.165, 1.54) is 5.56 Å². The van der Waals surface area contributed by atoms with Crippen molar-refractivity contribution in [2.45, 2.75) is 31.8 Å². The Labute approximate surface area is 96.9 Å². The summed E-state index contributed by atoms with van der Waals surface area (Å²) < 4.78 is 1.84. The van der Waals surface area contributed by atoms with Gasteiger partial charge in [0.15, 0.2) is 0 Å². The SMILES string of the molecule is Cn1cc(CCN2CCC(C)(O)CC2)cn1. The van der Waals surface area contributed by atoms with Gasteiger partial charge >= 0.3 is 0 Å². The standard InChI is InChI=1S/C12H21N3O/c1-12(16)4-7-15(8-5-12)6-3-11-9-13-14(2)10-11/h9-10,16H,3-8H2,1-2H3. The molecule has 0 bridgehead atoms. The van der Waals surface area contributed by atoms with Crippen molar-refractivity contribution in [2.75, 3.05) is 19.6 Å². The monoisotopic (exact) mass is 223 g/mol. The second kappa shape index (κ2) is 4.55. The van der Waals surface area contributed by atoms with Crippen LogP contribution in [-0.2, 0) is 13.5 Å². The van der Waals surface area contributed by atoms with E-state index in [1.807, 2.05) is 24.9 Å². The van der Waals surface area contributed by atoms with Crippen LogP contribution in [0.2, 0.25) is 0 Å². The predicted molar refractivity (Wildman–Crippen MR) is 63.2 cm³/mol. The highest BCUT2D eigenvalue weighted by Gasteiger charge is 2.26. The molecule has 16 heavy (non-hydrogen) atoms. The molecule has 1 saturated heterocycles. The summed E-state index contributed by atoms with van der Waals surface area (Å²) in [4.78, 5) is 2.42. The summed E-state index contributed by atoms with van der Waals surface area (Å²) in [6, 6.07) is 0. The van der Waals surface area contributed by atoms with E-state index in [4.69, 9.17) is 0 Å². The van der Waals surface area contributed by atoms with Crippen LogP contribution in [0.15, 0.2) is 12.4 Å². The molecule has 0 aromatic carbocycles. The number of rotatable bonds is 3. The summed E-state index contributed by atoms with van der Waals surface area (Å²) in [7, 11) is 1.95. The Balaban J connectivity index is 1.75. The maximum atomic E-state index is 9.84. The van der Waals surface area contributed by atoms with Gasteiger partial charge in [0.05, 0.1) is 11.8 Å². The van der Waals surface area contributed by atoms with E-state index in [9.17, 15) is 5.11 Å². The third-order valence-electron chi connectivity index (χ3n) is 3.41. The van der Waals surface area contributed by atoms with Gasteiger partial charge in [-0.25, -0.2) is 0 Å². The first-order valence-corrected chi connectivity index (χ1v) is 5.97. The zero-order chi connectivity index (χ0) is 11.6. The Bertz CT molecular complexity index is 336. The Morgan fingerprint density at radius 3 is 2.69 bits per heavy atom. The summed E-state index contributed by atoms with van der Waals surface area (Å²) in [6.45, 7) is 5.02. The van der Waals surface area contributed by atoms with E-state index in [2.05, 4.69) is 16.2 Å². The first-order chi connectivity index (χ1) is 7.55. The van der Waals surface area contributed by atoms with Crippen molar-refractivity contribution in [2.24, 2.45) is 7.05 Å². The van der Waals surface area contributed by atoms with Crippen LogP contribution in [-0.4, -0.2) is 45.0 Å². The molecule has 0 atom stereocenters. The smallest absolute Gasteiger partial charge is 0.0644 e. The topological polar surface area (TPSA) is 41.3 Å². The quantitative estimate of drug-likeness (QED) is 0.824. The lowest BCUT2D eigenvalue weighted by Crippen LogP contribution is -2.43. The van der Waals surface area contributed by atoms with E-state index >= 15 is 0 Å². The van der Waals surface area contributed by atoms with Crippen molar-refractivity contribution in [1.82, 2.24) is 14.7 Å². The molecule has 1 aliphatic rings. The first kappa shape index (κ1) is 11.6. The van der Waals surface area contributed by atoms with E-state index in [0.717, 1.165) is 38.9 Å². The number of hydrogen-bond acceptors (Lipinski definition) is 3. The predicted octanol–water partition coefficient (Wildman–Crippen LogP) is 0.809. The van der Waals surface area contributed by atoms with Crippen LogP contribution in [0.25, 0.3) is 0 Å². The van der Waals surface area contributed by atoms with Gasteiger partial charge in [0.1, 0.15) is 0 Å². The summed E-state index contributed by atoms with van der Waals surface area (Å²) >= 11 is 0. The molecule has 0 unspecified atom stereocenters. The third-order valence-corrected chi connectivity index (χ3v) is 3.41. The highest BCUT2D eigenvalue weighted by atomic mass is 16.3. The minimum atomic E-state index is -0.440. The highest BCUT2D eigenvalue weighted by Crippen LogP contribution is 2.21. The molecule has 0 amide bonds. The molecular formula is C12H21N3O. The van der Waals surface area contributed by atoms with Crippen molar-refractivity contribution in [3.63, 3.8) is 0 Å². The summed E-state index contributed by atoms with van der Waals surface area (Å²) in [5, 5.41) is 14.0. The Morgan fingerprint density at radius 2 is 2.12 bits per heavy atom. The average molecular weight is 223 g/mol. The lowest BCUT2D eigenvalue weighted by Gasteiger charge is -2.35. The number of aromatic nitrogens is 2. The normalized spacial score (nSPS) is 21.2. The van der Waals surface area contributed by atoms with E-state index in [-0.39, 0.29) is 0 Å². The van der Waals surface area contributed by atoms with Crippen molar-refractivity contribution >= 4 is 0 Å². The van der Waals surface area contributed by atoms with E-state index in [0.29, 0.717) is 0 Å². The van der Waals surface area contributed by atoms with Gasteiger partial charge in [0, 0.05) is 32.9 Å². The molecule has 2 heterocycles. The molecule has 1 fully saturated rings. The number of aliphatic hydroxyl groups is 1. The number of aryl methyl sites for hydroxylation is 1. The molecule has 1 N–H and O–H groups in total. The maximum Gasteiger partial charge on any atom is 0.0644 e. The molecule has 0 spiro atoms. The second-order valence-electron chi connectivity index (χ2n) is 5.11. The van der Waals surface area contributed by atoms with Gasteiger partial charge in [-0.1, -0.05) is 0 Å². The van der Waals surface area contributed by atoms with Crippen molar-refractivity contribution in [3.05, 3.63) is 18.0 Å². The molecule has 4 heteroatoms. The molecule has 1 aliphatic heterocycles. The lowest BCUT2D eigenvalue weighted by molar-refractivity contribution is -0.00491. The number of nitrogens with zero attached hydrogens (tertiary/aromatic N) is 3. The van der Waals surface area contributed by atoms with Crippen LogP contribution in [0.5, 0.6) is 0 Å². The summed E-state index contributed by atoms with van der Waals surface area (Å²) in [5.41, 5.74) is 0.852. The fourth-order valence-corrected chi connectivity index (χ4v) is 2.15.